The van der Waals surface area contributed by atoms with E-state index in [9.17, 15) is 0 Å². The van der Waals surface area contributed by atoms with Gasteiger partial charge in [-0.15, -0.1) is 0 Å². The molecule has 0 N–H and O–H groups in total. The summed E-state index contributed by atoms with van der Waals surface area (Å²) in [5.74, 6) is 3.56. The molecule has 0 saturated heterocycles. The summed E-state index contributed by atoms with van der Waals surface area (Å²) in [6.45, 7) is 3.71. The lowest BCUT2D eigenvalue weighted by molar-refractivity contribution is 0.215. The fraction of sp³-hybridized carbons (Fsp3) is 0.217. The van der Waals surface area contributed by atoms with Gasteiger partial charge in [-0.05, 0) is 61.9 Å². The first-order valence-corrected chi connectivity index (χ1v) is 10.5. The Morgan fingerprint density at radius 3 is 2.00 bits per heavy atom. The zero-order valence-electron chi connectivity index (χ0n) is 18.1. The van der Waals surface area contributed by atoms with Crippen molar-refractivity contribution in [1.29, 1.82) is 0 Å². The van der Waals surface area contributed by atoms with Crippen LogP contribution in [0.25, 0.3) is 0 Å². The molecule has 0 fully saturated rings. The Morgan fingerprint density at radius 2 is 1.50 bits per heavy atom. The largest absolute Gasteiger partial charge is 0.460 e. The number of allylic oxidation sites excluding steroid dienone is 1. The lowest BCUT2D eigenvalue weighted by atomic mass is 10.2. The number of oxime groups is 1. The number of ether oxygens (including phenoxy) is 3. The first kappa shape index (κ1) is 23.5. The van der Waals surface area contributed by atoms with Crippen LogP contribution in [0.1, 0.15) is 25.1 Å². The SMILES string of the molecule is CCc1nn(C)c(Oc2ccc(Oc3ccc(OC(C)=C(Cl)Cl)cc3)cc2)c1/C=N/OC. The van der Waals surface area contributed by atoms with Gasteiger partial charge in [0.1, 0.15) is 40.4 Å². The van der Waals surface area contributed by atoms with Gasteiger partial charge in [-0.3, -0.25) is 0 Å². The third-order valence-electron chi connectivity index (χ3n) is 4.36. The Bertz CT molecular complexity index is 1100. The molecule has 0 saturated carbocycles. The van der Waals surface area contributed by atoms with E-state index in [1.807, 2.05) is 38.2 Å². The van der Waals surface area contributed by atoms with Gasteiger partial charge in [-0.2, -0.15) is 5.10 Å². The predicted molar refractivity (Wildman–Crippen MR) is 125 cm³/mol. The first-order valence-electron chi connectivity index (χ1n) is 9.79. The Morgan fingerprint density at radius 1 is 0.969 bits per heavy atom. The van der Waals surface area contributed by atoms with Gasteiger partial charge >= 0.3 is 0 Å². The highest BCUT2D eigenvalue weighted by atomic mass is 35.5. The number of nitrogens with zero attached hydrogens (tertiary/aromatic N) is 3. The van der Waals surface area contributed by atoms with Crippen molar-refractivity contribution in [2.24, 2.45) is 12.2 Å². The summed E-state index contributed by atoms with van der Waals surface area (Å²) < 4.78 is 19.2. The maximum Gasteiger partial charge on any atom is 0.226 e. The molecule has 0 unspecified atom stereocenters. The standard InChI is InChI=1S/C23H23Cl2N3O4/c1-5-21-20(14-26-29-4)23(28(3)27-21)32-19-12-10-18(11-13-19)31-17-8-6-16(7-9-17)30-15(2)22(24)25/h6-14H,5H2,1-4H3/b26-14+. The molecule has 0 radical (unpaired) electrons. The van der Waals surface area contributed by atoms with Crippen LogP contribution >= 0.6 is 23.2 Å². The molecule has 7 nitrogen and oxygen atoms in total. The van der Waals surface area contributed by atoms with E-state index in [0.717, 1.165) is 17.7 Å². The quantitative estimate of drug-likeness (QED) is 0.198. The van der Waals surface area contributed by atoms with Crippen LogP contribution < -0.4 is 14.2 Å². The molecule has 3 aromatic rings. The van der Waals surface area contributed by atoms with Crippen molar-refractivity contribution in [1.82, 2.24) is 9.78 Å². The van der Waals surface area contributed by atoms with Gasteiger partial charge in [-0.25, -0.2) is 4.68 Å². The summed E-state index contributed by atoms with van der Waals surface area (Å²) in [5, 5.41) is 8.33. The molecule has 32 heavy (non-hydrogen) atoms. The maximum absolute atomic E-state index is 6.05. The Balaban J connectivity index is 1.69. The maximum atomic E-state index is 6.05. The lowest BCUT2D eigenvalue weighted by Gasteiger charge is -2.10. The van der Waals surface area contributed by atoms with Crippen molar-refractivity contribution in [2.45, 2.75) is 20.3 Å². The number of hydrogen-bond acceptors (Lipinski definition) is 6. The summed E-state index contributed by atoms with van der Waals surface area (Å²) >= 11 is 11.4. The van der Waals surface area contributed by atoms with E-state index in [-0.39, 0.29) is 4.49 Å². The minimum atomic E-state index is 0.0859. The zero-order valence-corrected chi connectivity index (χ0v) is 19.6. The van der Waals surface area contributed by atoms with Crippen LogP contribution in [-0.4, -0.2) is 23.1 Å². The van der Waals surface area contributed by atoms with Crippen molar-refractivity contribution in [3.63, 3.8) is 0 Å². The summed E-state index contributed by atoms with van der Waals surface area (Å²) in [6, 6.07) is 14.4. The monoisotopic (exact) mass is 475 g/mol. The van der Waals surface area contributed by atoms with Crippen LogP contribution in [0.5, 0.6) is 28.9 Å². The van der Waals surface area contributed by atoms with Gasteiger partial charge in [0.15, 0.2) is 0 Å². The highest BCUT2D eigenvalue weighted by Crippen LogP contribution is 2.30. The van der Waals surface area contributed by atoms with Crippen LogP contribution in [0, 0.1) is 0 Å². The van der Waals surface area contributed by atoms with Crippen molar-refractivity contribution in [3.8, 4) is 28.9 Å². The van der Waals surface area contributed by atoms with Gasteiger partial charge in [0, 0.05) is 7.05 Å². The number of aryl methyl sites for hydroxylation is 2. The third-order valence-corrected chi connectivity index (χ3v) is 4.90. The molecule has 1 heterocycles. The van der Waals surface area contributed by atoms with Crippen molar-refractivity contribution < 1.29 is 19.0 Å². The third kappa shape index (κ3) is 5.96. The van der Waals surface area contributed by atoms with Crippen LogP contribution in [-0.2, 0) is 18.3 Å². The molecule has 2 aromatic carbocycles. The van der Waals surface area contributed by atoms with Crippen LogP contribution in [0.15, 0.2) is 63.9 Å². The molecule has 0 aliphatic rings. The molecule has 0 aliphatic heterocycles. The normalized spacial score (nSPS) is 10.8. The van der Waals surface area contributed by atoms with E-state index in [2.05, 4.69) is 10.3 Å². The summed E-state index contributed by atoms with van der Waals surface area (Å²) in [5.41, 5.74) is 1.65. The van der Waals surface area contributed by atoms with Crippen molar-refractivity contribution in [2.75, 3.05) is 7.11 Å². The van der Waals surface area contributed by atoms with Gasteiger partial charge in [0.2, 0.25) is 5.88 Å². The van der Waals surface area contributed by atoms with Crippen molar-refractivity contribution >= 4 is 29.4 Å². The molecule has 0 amide bonds. The summed E-state index contributed by atoms with van der Waals surface area (Å²) in [6.07, 6.45) is 2.35. The molecule has 168 valence electrons. The Labute approximate surface area is 196 Å². The molecular weight excluding hydrogens is 453 g/mol. The van der Waals surface area contributed by atoms with E-state index >= 15 is 0 Å². The fourth-order valence-electron chi connectivity index (χ4n) is 2.81. The van der Waals surface area contributed by atoms with E-state index in [1.54, 1.807) is 42.1 Å². The zero-order chi connectivity index (χ0) is 23.1. The fourth-order valence-corrected chi connectivity index (χ4v) is 2.89. The smallest absolute Gasteiger partial charge is 0.226 e. The highest BCUT2D eigenvalue weighted by molar-refractivity contribution is 6.56. The van der Waals surface area contributed by atoms with Crippen LogP contribution in [0.2, 0.25) is 0 Å². The van der Waals surface area contributed by atoms with Gasteiger partial charge in [0.25, 0.3) is 0 Å². The van der Waals surface area contributed by atoms with E-state index < -0.39 is 0 Å². The van der Waals surface area contributed by atoms with E-state index in [4.69, 9.17) is 42.3 Å². The molecule has 0 aliphatic carbocycles. The Kier molecular flexibility index (Phi) is 8.03. The number of aromatic nitrogens is 2. The summed E-state index contributed by atoms with van der Waals surface area (Å²) in [4.78, 5) is 4.81. The number of benzene rings is 2. The van der Waals surface area contributed by atoms with Crippen LogP contribution in [0.4, 0.5) is 0 Å². The minimum Gasteiger partial charge on any atom is -0.460 e. The average Bonchev–Trinajstić information content (AvgIpc) is 3.09. The molecule has 9 heteroatoms. The van der Waals surface area contributed by atoms with Gasteiger partial charge in [0.05, 0.1) is 17.5 Å². The number of rotatable bonds is 9. The van der Waals surface area contributed by atoms with Gasteiger partial charge in [-0.1, -0.05) is 35.3 Å². The highest BCUT2D eigenvalue weighted by Gasteiger charge is 2.16. The van der Waals surface area contributed by atoms with Crippen LogP contribution in [0.3, 0.4) is 0 Å². The Hall–Kier alpha value is -3.16. The second-order valence-electron chi connectivity index (χ2n) is 6.63. The predicted octanol–water partition coefficient (Wildman–Crippen LogP) is 6.59. The minimum absolute atomic E-state index is 0.0859. The molecule has 3 rings (SSSR count). The number of hydrogen-bond donors (Lipinski definition) is 0. The molecule has 0 spiro atoms. The molecular formula is C23H23Cl2N3O4. The lowest BCUT2D eigenvalue weighted by Crippen LogP contribution is -1.97. The van der Waals surface area contributed by atoms with Gasteiger partial charge < -0.3 is 19.0 Å². The van der Waals surface area contributed by atoms with E-state index in [1.165, 1.54) is 7.11 Å². The second-order valence-corrected chi connectivity index (χ2v) is 7.57. The second kappa shape index (κ2) is 10.9. The first-order chi connectivity index (χ1) is 15.4. The molecule has 0 bridgehead atoms. The molecule has 0 atom stereocenters. The number of halogens is 2. The topological polar surface area (TPSA) is 67.1 Å². The molecule has 1 aromatic heterocycles. The van der Waals surface area contributed by atoms with Crippen molar-refractivity contribution in [3.05, 3.63) is 70.0 Å². The summed E-state index contributed by atoms with van der Waals surface area (Å²) in [7, 11) is 3.31. The van der Waals surface area contributed by atoms with E-state index in [0.29, 0.717) is 34.6 Å². The average molecular weight is 476 g/mol.